The Morgan fingerprint density at radius 1 is 1.05 bits per heavy atom. The number of nitrogens with zero attached hydrogens (tertiary/aromatic N) is 2. The highest BCUT2D eigenvalue weighted by Gasteiger charge is 2.12. The van der Waals surface area contributed by atoms with E-state index >= 15 is 0 Å². The van der Waals surface area contributed by atoms with E-state index in [1.165, 1.54) is 48.2 Å². The summed E-state index contributed by atoms with van der Waals surface area (Å²) in [7, 11) is 0. The van der Waals surface area contributed by atoms with Crippen LogP contribution in [0.3, 0.4) is 0 Å². The third kappa shape index (κ3) is 3.02. The molecule has 0 N–H and O–H groups in total. The van der Waals surface area contributed by atoms with E-state index in [1.54, 1.807) is 0 Å². The fourth-order valence-electron chi connectivity index (χ4n) is 2.76. The molecule has 0 spiro atoms. The number of benzene rings is 1. The summed E-state index contributed by atoms with van der Waals surface area (Å²) in [5.74, 6) is 0. The third-order valence-electron chi connectivity index (χ3n) is 3.75. The first kappa shape index (κ1) is 12.4. The number of rotatable bonds is 3. The molecule has 1 aromatic carbocycles. The Kier molecular flexibility index (Phi) is 3.60. The maximum absolute atomic E-state index is 4.41. The number of hydrogen-bond donors (Lipinski definition) is 0. The molecule has 1 aromatic heterocycles. The van der Waals surface area contributed by atoms with Gasteiger partial charge in [-0.2, -0.15) is 0 Å². The van der Waals surface area contributed by atoms with Gasteiger partial charge in [0.05, 0.1) is 0 Å². The second kappa shape index (κ2) is 5.54. The van der Waals surface area contributed by atoms with E-state index in [0.29, 0.717) is 0 Å². The number of aryl methyl sites for hydroxylation is 1. The first-order valence-electron chi connectivity index (χ1n) is 7.04. The van der Waals surface area contributed by atoms with E-state index in [1.807, 2.05) is 12.4 Å². The SMILES string of the molecule is Cc1cccc(-c2cncc(CN3CCCC3)c2)c1. The molecule has 1 aliphatic heterocycles. The number of aromatic nitrogens is 1. The molecule has 1 aliphatic rings. The molecule has 0 atom stereocenters. The summed E-state index contributed by atoms with van der Waals surface area (Å²) in [4.78, 5) is 6.92. The van der Waals surface area contributed by atoms with Crippen molar-refractivity contribution < 1.29 is 0 Å². The monoisotopic (exact) mass is 252 g/mol. The zero-order chi connectivity index (χ0) is 13.1. The van der Waals surface area contributed by atoms with Crippen LogP contribution in [-0.4, -0.2) is 23.0 Å². The average Bonchev–Trinajstić information content (AvgIpc) is 2.92. The van der Waals surface area contributed by atoms with Crippen LogP contribution in [0.5, 0.6) is 0 Å². The van der Waals surface area contributed by atoms with E-state index in [2.05, 4.69) is 47.1 Å². The first-order chi connectivity index (χ1) is 9.31. The number of pyridine rings is 1. The van der Waals surface area contributed by atoms with Gasteiger partial charge in [-0.1, -0.05) is 29.8 Å². The minimum Gasteiger partial charge on any atom is -0.299 e. The number of hydrogen-bond acceptors (Lipinski definition) is 2. The van der Waals surface area contributed by atoms with Crippen molar-refractivity contribution in [3.8, 4) is 11.1 Å². The smallest absolute Gasteiger partial charge is 0.0346 e. The van der Waals surface area contributed by atoms with E-state index in [0.717, 1.165) is 6.54 Å². The van der Waals surface area contributed by atoms with Gasteiger partial charge in [0, 0.05) is 24.5 Å². The van der Waals surface area contributed by atoms with Gasteiger partial charge >= 0.3 is 0 Å². The van der Waals surface area contributed by atoms with Crippen LogP contribution in [0.4, 0.5) is 0 Å². The predicted molar refractivity (Wildman–Crippen MR) is 78.9 cm³/mol. The molecule has 1 fully saturated rings. The van der Waals surface area contributed by atoms with Crippen LogP contribution < -0.4 is 0 Å². The predicted octanol–water partition coefficient (Wildman–Crippen LogP) is 3.65. The Balaban J connectivity index is 1.82. The lowest BCUT2D eigenvalue weighted by Crippen LogP contribution is -2.18. The summed E-state index contributed by atoms with van der Waals surface area (Å²) < 4.78 is 0. The molecule has 0 bridgehead atoms. The van der Waals surface area contributed by atoms with Crippen molar-refractivity contribution in [2.45, 2.75) is 26.3 Å². The highest BCUT2D eigenvalue weighted by Crippen LogP contribution is 2.21. The topological polar surface area (TPSA) is 16.1 Å². The van der Waals surface area contributed by atoms with Crippen LogP contribution >= 0.6 is 0 Å². The summed E-state index contributed by atoms with van der Waals surface area (Å²) in [6, 6.07) is 10.9. The molecule has 0 saturated carbocycles. The van der Waals surface area contributed by atoms with Crippen molar-refractivity contribution in [2.75, 3.05) is 13.1 Å². The third-order valence-corrected chi connectivity index (χ3v) is 3.75. The minimum atomic E-state index is 1.03. The second-order valence-electron chi connectivity index (χ2n) is 5.43. The quantitative estimate of drug-likeness (QED) is 0.829. The zero-order valence-corrected chi connectivity index (χ0v) is 11.5. The molecule has 2 nitrogen and oxygen atoms in total. The fraction of sp³-hybridized carbons (Fsp3) is 0.353. The van der Waals surface area contributed by atoms with Crippen molar-refractivity contribution in [2.24, 2.45) is 0 Å². The van der Waals surface area contributed by atoms with Gasteiger partial charge in [0.15, 0.2) is 0 Å². The second-order valence-corrected chi connectivity index (χ2v) is 5.43. The lowest BCUT2D eigenvalue weighted by Gasteiger charge is -2.14. The van der Waals surface area contributed by atoms with Crippen LogP contribution in [0.25, 0.3) is 11.1 Å². The first-order valence-corrected chi connectivity index (χ1v) is 7.04. The summed E-state index contributed by atoms with van der Waals surface area (Å²) in [5, 5.41) is 0. The van der Waals surface area contributed by atoms with Crippen LogP contribution in [-0.2, 0) is 6.54 Å². The molecule has 0 unspecified atom stereocenters. The molecule has 19 heavy (non-hydrogen) atoms. The molecular formula is C17H20N2. The summed E-state index contributed by atoms with van der Waals surface area (Å²) in [6.07, 6.45) is 6.63. The highest BCUT2D eigenvalue weighted by molar-refractivity contribution is 5.63. The van der Waals surface area contributed by atoms with Crippen molar-refractivity contribution in [1.29, 1.82) is 0 Å². The van der Waals surface area contributed by atoms with Gasteiger partial charge in [-0.3, -0.25) is 9.88 Å². The van der Waals surface area contributed by atoms with Crippen LogP contribution in [0.15, 0.2) is 42.7 Å². The van der Waals surface area contributed by atoms with Crippen LogP contribution in [0, 0.1) is 6.92 Å². The van der Waals surface area contributed by atoms with Gasteiger partial charge in [0.2, 0.25) is 0 Å². The molecule has 2 heteroatoms. The molecule has 2 aromatic rings. The Morgan fingerprint density at radius 2 is 1.89 bits per heavy atom. The van der Waals surface area contributed by atoms with Gasteiger partial charge in [-0.15, -0.1) is 0 Å². The molecule has 0 amide bonds. The van der Waals surface area contributed by atoms with E-state index in [4.69, 9.17) is 0 Å². The standard InChI is InChI=1S/C17H20N2/c1-14-5-4-6-16(9-14)17-10-15(11-18-12-17)13-19-7-2-3-8-19/h4-6,9-12H,2-3,7-8,13H2,1H3. The molecule has 1 saturated heterocycles. The Hall–Kier alpha value is -1.67. The number of likely N-dealkylation sites (tertiary alicyclic amines) is 1. The van der Waals surface area contributed by atoms with Crippen molar-refractivity contribution >= 4 is 0 Å². The summed E-state index contributed by atoms with van der Waals surface area (Å²) in [5.41, 5.74) is 5.10. The van der Waals surface area contributed by atoms with E-state index < -0.39 is 0 Å². The van der Waals surface area contributed by atoms with Crippen LogP contribution in [0.2, 0.25) is 0 Å². The molecule has 98 valence electrons. The van der Waals surface area contributed by atoms with E-state index in [-0.39, 0.29) is 0 Å². The minimum absolute atomic E-state index is 1.03. The van der Waals surface area contributed by atoms with E-state index in [9.17, 15) is 0 Å². The molecular weight excluding hydrogens is 232 g/mol. The average molecular weight is 252 g/mol. The van der Waals surface area contributed by atoms with Gasteiger partial charge in [0.1, 0.15) is 0 Å². The Morgan fingerprint density at radius 3 is 2.68 bits per heavy atom. The molecule has 3 rings (SSSR count). The van der Waals surface area contributed by atoms with Crippen molar-refractivity contribution in [3.63, 3.8) is 0 Å². The van der Waals surface area contributed by atoms with Gasteiger partial charge < -0.3 is 0 Å². The summed E-state index contributed by atoms with van der Waals surface area (Å²) in [6.45, 7) is 5.63. The molecule has 2 heterocycles. The highest BCUT2D eigenvalue weighted by atomic mass is 15.1. The van der Waals surface area contributed by atoms with Crippen molar-refractivity contribution in [1.82, 2.24) is 9.88 Å². The normalized spacial score (nSPS) is 15.8. The maximum Gasteiger partial charge on any atom is 0.0346 e. The maximum atomic E-state index is 4.41. The Labute approximate surface area is 115 Å². The molecule has 0 radical (unpaired) electrons. The fourth-order valence-corrected chi connectivity index (χ4v) is 2.76. The Bertz CT molecular complexity index is 557. The van der Waals surface area contributed by atoms with Gasteiger partial charge in [-0.05, 0) is 50.0 Å². The largest absolute Gasteiger partial charge is 0.299 e. The molecule has 0 aliphatic carbocycles. The van der Waals surface area contributed by atoms with Crippen LogP contribution in [0.1, 0.15) is 24.0 Å². The zero-order valence-electron chi connectivity index (χ0n) is 11.5. The van der Waals surface area contributed by atoms with Gasteiger partial charge in [-0.25, -0.2) is 0 Å². The lowest BCUT2D eigenvalue weighted by molar-refractivity contribution is 0.331. The van der Waals surface area contributed by atoms with Gasteiger partial charge in [0.25, 0.3) is 0 Å². The summed E-state index contributed by atoms with van der Waals surface area (Å²) >= 11 is 0. The lowest BCUT2D eigenvalue weighted by atomic mass is 10.0. The van der Waals surface area contributed by atoms with Crippen molar-refractivity contribution in [3.05, 3.63) is 53.9 Å².